The number of aliphatic carboxylic acids is 1. The first-order valence-corrected chi connectivity index (χ1v) is 8.00. The third kappa shape index (κ3) is 5.76. The maximum absolute atomic E-state index is 12.4. The molecule has 5 nitrogen and oxygen atoms in total. The highest BCUT2D eigenvalue weighted by Gasteiger charge is 2.23. The molecule has 1 atom stereocenters. The highest BCUT2D eigenvalue weighted by atomic mass is 32.2. The lowest BCUT2D eigenvalue weighted by atomic mass is 10.2. The number of sulfonamides is 1. The Bertz CT molecular complexity index is 572. The summed E-state index contributed by atoms with van der Waals surface area (Å²) in [5, 5.41) is 8.92. The number of carboxylic acid groups (broad SMARTS) is 1. The topological polar surface area (TPSA) is 83.5 Å². The first-order chi connectivity index (χ1) is 9.75. The predicted octanol–water partition coefficient (Wildman–Crippen LogP) is 2.30. The third-order valence-electron chi connectivity index (χ3n) is 2.79. The molecule has 1 unspecified atom stereocenters. The zero-order chi connectivity index (χ0) is 16.0. The van der Waals surface area contributed by atoms with Crippen LogP contribution >= 0.6 is 0 Å². The Labute approximate surface area is 122 Å². The number of carboxylic acids is 1. The molecular weight excluding hydrogens is 304 g/mol. The number of nitrogens with one attached hydrogen (secondary N) is 1. The molecule has 0 aliphatic rings. The van der Waals surface area contributed by atoms with Crippen molar-refractivity contribution in [2.45, 2.75) is 38.0 Å². The summed E-state index contributed by atoms with van der Waals surface area (Å²) >= 11 is 0. The number of carbonyl (C=O) groups is 1. The molecule has 0 amide bonds. The van der Waals surface area contributed by atoms with Gasteiger partial charge in [0.2, 0.25) is 10.0 Å². The Morgan fingerprint density at radius 1 is 1.29 bits per heavy atom. The molecule has 1 aromatic carbocycles. The fraction of sp³-hybridized carbons (Fsp3) is 0.462. The number of halogens is 2. The van der Waals surface area contributed by atoms with Crippen LogP contribution in [0.15, 0.2) is 24.3 Å². The van der Waals surface area contributed by atoms with E-state index in [2.05, 4.69) is 4.72 Å². The molecule has 1 rings (SSSR count). The smallest absolute Gasteiger partial charge is 0.321 e. The quantitative estimate of drug-likeness (QED) is 0.769. The van der Waals surface area contributed by atoms with Gasteiger partial charge < -0.3 is 5.11 Å². The van der Waals surface area contributed by atoms with Gasteiger partial charge in [-0.15, -0.1) is 0 Å². The summed E-state index contributed by atoms with van der Waals surface area (Å²) in [5.74, 6) is -1.70. The number of hydrogen-bond donors (Lipinski definition) is 2. The number of hydrogen-bond acceptors (Lipinski definition) is 3. The highest BCUT2D eigenvalue weighted by Crippen LogP contribution is 2.19. The Morgan fingerprint density at radius 3 is 2.29 bits per heavy atom. The van der Waals surface area contributed by atoms with E-state index in [1.165, 1.54) is 12.1 Å². The molecule has 0 aromatic heterocycles. The van der Waals surface area contributed by atoms with E-state index in [1.54, 1.807) is 6.92 Å². The van der Waals surface area contributed by atoms with E-state index >= 15 is 0 Å². The van der Waals surface area contributed by atoms with Crippen molar-refractivity contribution in [3.8, 4) is 0 Å². The molecule has 0 aliphatic heterocycles. The Balaban J connectivity index is 2.77. The Hall–Kier alpha value is -1.54. The molecule has 0 saturated carbocycles. The summed E-state index contributed by atoms with van der Waals surface area (Å²) in [4.78, 5) is 10.9. The largest absolute Gasteiger partial charge is 0.480 e. The number of rotatable bonds is 8. The van der Waals surface area contributed by atoms with Crippen molar-refractivity contribution in [1.82, 2.24) is 4.72 Å². The molecule has 118 valence electrons. The van der Waals surface area contributed by atoms with E-state index in [-0.39, 0.29) is 12.0 Å². The van der Waals surface area contributed by atoms with Crippen LogP contribution in [0.3, 0.4) is 0 Å². The first kappa shape index (κ1) is 17.5. The average molecular weight is 321 g/mol. The molecule has 2 N–H and O–H groups in total. The van der Waals surface area contributed by atoms with Crippen LogP contribution in [0.2, 0.25) is 0 Å². The van der Waals surface area contributed by atoms with Crippen molar-refractivity contribution in [3.05, 3.63) is 35.4 Å². The van der Waals surface area contributed by atoms with Crippen molar-refractivity contribution in [3.63, 3.8) is 0 Å². The van der Waals surface area contributed by atoms with Crippen molar-refractivity contribution in [2.24, 2.45) is 0 Å². The molecule has 0 heterocycles. The van der Waals surface area contributed by atoms with Gasteiger partial charge in [-0.25, -0.2) is 21.9 Å². The summed E-state index contributed by atoms with van der Waals surface area (Å²) in [6.45, 7) is 1.74. The Kier molecular flexibility index (Phi) is 6.22. The summed E-state index contributed by atoms with van der Waals surface area (Å²) in [6.07, 6.45) is -1.92. The van der Waals surface area contributed by atoms with E-state index in [0.29, 0.717) is 12.0 Å². The fourth-order valence-electron chi connectivity index (χ4n) is 1.76. The van der Waals surface area contributed by atoms with E-state index in [1.807, 2.05) is 0 Å². The van der Waals surface area contributed by atoms with Crippen LogP contribution in [0.4, 0.5) is 8.78 Å². The summed E-state index contributed by atoms with van der Waals surface area (Å²) < 4.78 is 50.6. The van der Waals surface area contributed by atoms with Gasteiger partial charge in [0, 0.05) is 5.56 Å². The third-order valence-corrected chi connectivity index (χ3v) is 4.14. The van der Waals surface area contributed by atoms with Crippen molar-refractivity contribution in [1.29, 1.82) is 0 Å². The molecule has 1 aromatic rings. The maximum atomic E-state index is 12.4. The van der Waals surface area contributed by atoms with Crippen LogP contribution in [-0.2, 0) is 20.6 Å². The molecule has 21 heavy (non-hydrogen) atoms. The van der Waals surface area contributed by atoms with Gasteiger partial charge in [0.1, 0.15) is 6.04 Å². The molecule has 0 bridgehead atoms. The average Bonchev–Trinajstić information content (AvgIpc) is 2.38. The van der Waals surface area contributed by atoms with Gasteiger partial charge in [-0.2, -0.15) is 0 Å². The van der Waals surface area contributed by atoms with Crippen molar-refractivity contribution >= 4 is 16.0 Å². The molecule has 8 heteroatoms. The lowest BCUT2D eigenvalue weighted by Gasteiger charge is -2.14. The lowest BCUT2D eigenvalue weighted by molar-refractivity contribution is -0.139. The van der Waals surface area contributed by atoms with Crippen molar-refractivity contribution < 1.29 is 27.1 Å². The zero-order valence-corrected chi connectivity index (χ0v) is 12.2. The van der Waals surface area contributed by atoms with E-state index in [0.717, 1.165) is 12.1 Å². The van der Waals surface area contributed by atoms with Gasteiger partial charge >= 0.3 is 5.97 Å². The molecule has 0 saturated heterocycles. The van der Waals surface area contributed by atoms with Crippen LogP contribution in [0.25, 0.3) is 0 Å². The molecular formula is C13H17F2NO4S. The second kappa shape index (κ2) is 7.46. The standard InChI is InChI=1S/C13H17F2NO4S/c1-2-3-11(13(17)18)16-21(19,20)8-9-4-6-10(7-5-9)12(14)15/h4-7,11-12,16H,2-3,8H2,1H3,(H,17,18). The zero-order valence-electron chi connectivity index (χ0n) is 11.4. The molecule has 0 fully saturated rings. The number of alkyl halides is 2. The second-order valence-corrected chi connectivity index (χ2v) is 6.35. The predicted molar refractivity (Wildman–Crippen MR) is 73.5 cm³/mol. The lowest BCUT2D eigenvalue weighted by Crippen LogP contribution is -2.41. The minimum atomic E-state index is -3.85. The van der Waals surface area contributed by atoms with Crippen LogP contribution in [0.5, 0.6) is 0 Å². The summed E-state index contributed by atoms with van der Waals surface area (Å²) in [6, 6.07) is 3.69. The van der Waals surface area contributed by atoms with Crippen LogP contribution in [0, 0.1) is 0 Å². The van der Waals surface area contributed by atoms with E-state index < -0.39 is 34.2 Å². The van der Waals surface area contributed by atoms with Gasteiger partial charge in [-0.3, -0.25) is 4.79 Å². The van der Waals surface area contributed by atoms with Gasteiger partial charge in [-0.1, -0.05) is 37.6 Å². The van der Waals surface area contributed by atoms with Gasteiger partial charge in [-0.05, 0) is 12.0 Å². The highest BCUT2D eigenvalue weighted by molar-refractivity contribution is 7.88. The molecule has 0 radical (unpaired) electrons. The molecule has 0 aliphatic carbocycles. The monoisotopic (exact) mass is 321 g/mol. The van der Waals surface area contributed by atoms with E-state index in [9.17, 15) is 22.0 Å². The van der Waals surface area contributed by atoms with Crippen LogP contribution in [-0.4, -0.2) is 25.5 Å². The second-order valence-electron chi connectivity index (χ2n) is 4.60. The van der Waals surface area contributed by atoms with Gasteiger partial charge in [0.15, 0.2) is 0 Å². The normalized spacial score (nSPS) is 13.3. The number of benzene rings is 1. The van der Waals surface area contributed by atoms with Crippen molar-refractivity contribution in [2.75, 3.05) is 0 Å². The maximum Gasteiger partial charge on any atom is 0.321 e. The van der Waals surface area contributed by atoms with Crippen LogP contribution in [0.1, 0.15) is 37.3 Å². The minimum Gasteiger partial charge on any atom is -0.480 e. The van der Waals surface area contributed by atoms with Gasteiger partial charge in [0.05, 0.1) is 5.75 Å². The minimum absolute atomic E-state index is 0.179. The first-order valence-electron chi connectivity index (χ1n) is 6.35. The van der Waals surface area contributed by atoms with Crippen LogP contribution < -0.4 is 4.72 Å². The summed E-state index contributed by atoms with van der Waals surface area (Å²) in [5.41, 5.74) is 0.117. The Morgan fingerprint density at radius 2 is 1.86 bits per heavy atom. The summed E-state index contributed by atoms with van der Waals surface area (Å²) in [7, 11) is -3.85. The van der Waals surface area contributed by atoms with E-state index in [4.69, 9.17) is 5.11 Å². The van der Waals surface area contributed by atoms with Gasteiger partial charge in [0.25, 0.3) is 6.43 Å². The molecule has 0 spiro atoms. The fourth-order valence-corrected chi connectivity index (χ4v) is 3.13. The SMILES string of the molecule is CCCC(NS(=O)(=O)Cc1ccc(C(F)F)cc1)C(=O)O.